The molecule has 28 heavy (non-hydrogen) atoms. The highest BCUT2D eigenvalue weighted by Gasteiger charge is 2.56. The van der Waals surface area contributed by atoms with Crippen molar-refractivity contribution < 1.29 is 9.59 Å². The van der Waals surface area contributed by atoms with Gasteiger partial charge in [0.2, 0.25) is 11.8 Å². The second-order valence-electron chi connectivity index (χ2n) is 9.81. The maximum Gasteiger partial charge on any atom is 0.245 e. The normalized spacial score (nSPS) is 36.1. The number of likely N-dealkylation sites (tertiary alicyclic amines) is 1. The first-order chi connectivity index (χ1) is 13.4. The van der Waals surface area contributed by atoms with E-state index in [1.165, 1.54) is 19.3 Å². The Morgan fingerprint density at radius 2 is 1.86 bits per heavy atom. The Morgan fingerprint density at radius 3 is 2.43 bits per heavy atom. The zero-order chi connectivity index (χ0) is 19.5. The standard InChI is InChI=1S/C22H29BrN2O2S/c1-24(12-17-8-19(23)28-13-17)20(26)18-3-2-4-25(18)21(27)22-9-14-5-15(10-22)7-16(6-14)11-22/h8,13-16,18H,2-7,9-12H2,1H3. The summed E-state index contributed by atoms with van der Waals surface area (Å²) in [6.45, 7) is 1.37. The molecule has 1 unspecified atom stereocenters. The summed E-state index contributed by atoms with van der Waals surface area (Å²) in [5, 5.41) is 2.08. The number of thiophene rings is 1. The van der Waals surface area contributed by atoms with Crippen LogP contribution in [0.5, 0.6) is 0 Å². The Bertz CT molecular complexity index is 756. The van der Waals surface area contributed by atoms with E-state index in [4.69, 9.17) is 0 Å². The highest BCUT2D eigenvalue weighted by molar-refractivity contribution is 9.11. The fourth-order valence-corrected chi connectivity index (χ4v) is 8.18. The van der Waals surface area contributed by atoms with E-state index in [2.05, 4.69) is 27.4 Å². The number of hydrogen-bond donors (Lipinski definition) is 0. The SMILES string of the molecule is CN(Cc1csc(Br)c1)C(=O)C1CCCN1C(=O)C12CC3CC(CC(C3)C1)C2. The van der Waals surface area contributed by atoms with Crippen LogP contribution in [-0.4, -0.2) is 41.2 Å². The van der Waals surface area contributed by atoms with Crippen molar-refractivity contribution in [2.75, 3.05) is 13.6 Å². The molecule has 6 rings (SSSR count). The van der Waals surface area contributed by atoms with Gasteiger partial charge < -0.3 is 9.80 Å². The number of carbonyl (C=O) groups is 2. The van der Waals surface area contributed by atoms with Gasteiger partial charge in [-0.05, 0) is 102 Å². The summed E-state index contributed by atoms with van der Waals surface area (Å²) in [6.07, 6.45) is 9.02. The molecule has 4 saturated carbocycles. The molecule has 1 aliphatic heterocycles. The van der Waals surface area contributed by atoms with E-state index >= 15 is 0 Å². The molecule has 0 radical (unpaired) electrons. The van der Waals surface area contributed by atoms with E-state index in [1.54, 1.807) is 11.3 Å². The minimum atomic E-state index is -0.257. The third-order valence-electron chi connectivity index (χ3n) is 7.71. The van der Waals surface area contributed by atoms with Crippen LogP contribution in [0.15, 0.2) is 15.2 Å². The van der Waals surface area contributed by atoms with Crippen LogP contribution in [0, 0.1) is 23.2 Å². The minimum absolute atomic E-state index is 0.109. The number of halogens is 1. The Kier molecular flexibility index (Phi) is 4.86. The van der Waals surface area contributed by atoms with Crippen molar-refractivity contribution in [2.45, 2.75) is 64.0 Å². The van der Waals surface area contributed by atoms with Crippen LogP contribution in [0.2, 0.25) is 0 Å². The molecule has 2 heterocycles. The van der Waals surface area contributed by atoms with Crippen LogP contribution < -0.4 is 0 Å². The van der Waals surface area contributed by atoms with E-state index < -0.39 is 0 Å². The van der Waals surface area contributed by atoms with Crippen molar-refractivity contribution in [3.8, 4) is 0 Å². The molecule has 4 bridgehead atoms. The van der Waals surface area contributed by atoms with Gasteiger partial charge in [0.25, 0.3) is 0 Å². The minimum Gasteiger partial charge on any atom is -0.340 e. The van der Waals surface area contributed by atoms with E-state index in [1.807, 2.05) is 16.8 Å². The maximum absolute atomic E-state index is 13.7. The molecule has 6 heteroatoms. The van der Waals surface area contributed by atoms with E-state index in [0.717, 1.165) is 65.8 Å². The molecule has 4 aliphatic carbocycles. The van der Waals surface area contributed by atoms with Gasteiger partial charge in [-0.1, -0.05) is 0 Å². The zero-order valence-corrected chi connectivity index (χ0v) is 18.9. The van der Waals surface area contributed by atoms with Gasteiger partial charge in [0.1, 0.15) is 6.04 Å². The highest BCUT2D eigenvalue weighted by atomic mass is 79.9. The summed E-state index contributed by atoms with van der Waals surface area (Å²) in [5.41, 5.74) is 0.999. The predicted molar refractivity (Wildman–Crippen MR) is 114 cm³/mol. The molecule has 5 fully saturated rings. The summed E-state index contributed by atoms with van der Waals surface area (Å²) in [5.74, 6) is 2.69. The smallest absolute Gasteiger partial charge is 0.245 e. The highest BCUT2D eigenvalue weighted by Crippen LogP contribution is 2.60. The Balaban J connectivity index is 1.31. The van der Waals surface area contributed by atoms with Crippen molar-refractivity contribution in [3.63, 3.8) is 0 Å². The van der Waals surface area contributed by atoms with Gasteiger partial charge in [-0.3, -0.25) is 9.59 Å². The zero-order valence-electron chi connectivity index (χ0n) is 16.5. The first kappa shape index (κ1) is 19.1. The van der Waals surface area contributed by atoms with Gasteiger partial charge in [-0.15, -0.1) is 11.3 Å². The molecule has 5 aliphatic rings. The lowest BCUT2D eigenvalue weighted by atomic mass is 9.49. The molecule has 0 N–H and O–H groups in total. The molecule has 152 valence electrons. The molecule has 0 spiro atoms. The van der Waals surface area contributed by atoms with Gasteiger partial charge in [0.05, 0.1) is 9.20 Å². The van der Waals surface area contributed by atoms with E-state index in [9.17, 15) is 9.59 Å². The first-order valence-corrected chi connectivity index (χ1v) is 12.4. The fraction of sp³-hybridized carbons (Fsp3) is 0.727. The number of rotatable bonds is 4. The van der Waals surface area contributed by atoms with Crippen LogP contribution in [0.1, 0.15) is 56.9 Å². The van der Waals surface area contributed by atoms with Gasteiger partial charge >= 0.3 is 0 Å². The second-order valence-corrected chi connectivity index (χ2v) is 12.1. The summed E-state index contributed by atoms with van der Waals surface area (Å²) >= 11 is 5.13. The largest absolute Gasteiger partial charge is 0.340 e. The number of nitrogens with zero attached hydrogens (tertiary/aromatic N) is 2. The molecular formula is C22H29BrN2O2S. The predicted octanol–water partition coefficient (Wildman–Crippen LogP) is 4.68. The summed E-state index contributed by atoms with van der Waals surface area (Å²) in [4.78, 5) is 30.8. The number of likely N-dealkylation sites (N-methyl/N-ethyl adjacent to an activating group) is 1. The molecule has 1 saturated heterocycles. The fourth-order valence-electron chi connectivity index (χ4n) is 6.98. The summed E-state index contributed by atoms with van der Waals surface area (Å²) < 4.78 is 1.09. The Morgan fingerprint density at radius 1 is 1.21 bits per heavy atom. The van der Waals surface area contributed by atoms with E-state index in [-0.39, 0.29) is 17.4 Å². The van der Waals surface area contributed by atoms with E-state index in [0.29, 0.717) is 12.5 Å². The lowest BCUT2D eigenvalue weighted by molar-refractivity contribution is -0.161. The molecule has 1 atom stereocenters. The van der Waals surface area contributed by atoms with Crippen molar-refractivity contribution in [3.05, 3.63) is 20.8 Å². The quantitative estimate of drug-likeness (QED) is 0.648. The third kappa shape index (κ3) is 3.24. The average molecular weight is 465 g/mol. The van der Waals surface area contributed by atoms with Crippen molar-refractivity contribution >= 4 is 39.1 Å². The number of carbonyl (C=O) groups excluding carboxylic acids is 2. The van der Waals surface area contributed by atoms with Crippen LogP contribution >= 0.6 is 27.3 Å². The summed E-state index contributed by atoms with van der Waals surface area (Å²) in [6, 6.07) is 1.81. The number of amides is 2. The van der Waals surface area contributed by atoms with Crippen LogP contribution in [-0.2, 0) is 16.1 Å². The van der Waals surface area contributed by atoms with Gasteiger partial charge in [0.15, 0.2) is 0 Å². The number of hydrogen-bond acceptors (Lipinski definition) is 3. The van der Waals surface area contributed by atoms with Gasteiger partial charge in [-0.2, -0.15) is 0 Å². The Labute approximate surface area is 179 Å². The lowest BCUT2D eigenvalue weighted by Gasteiger charge is -2.56. The third-order valence-corrected chi connectivity index (χ3v) is 9.26. The topological polar surface area (TPSA) is 40.6 Å². The first-order valence-electron chi connectivity index (χ1n) is 10.7. The molecule has 4 nitrogen and oxygen atoms in total. The monoisotopic (exact) mass is 464 g/mol. The molecule has 1 aromatic heterocycles. The Hall–Kier alpha value is -0.880. The van der Waals surface area contributed by atoms with Gasteiger partial charge in [0, 0.05) is 20.1 Å². The van der Waals surface area contributed by atoms with Gasteiger partial charge in [-0.25, -0.2) is 0 Å². The second kappa shape index (κ2) is 7.12. The van der Waals surface area contributed by atoms with Crippen LogP contribution in [0.4, 0.5) is 0 Å². The molecule has 1 aromatic rings. The molecular weight excluding hydrogens is 436 g/mol. The maximum atomic E-state index is 13.7. The average Bonchev–Trinajstić information content (AvgIpc) is 3.28. The molecule has 2 amide bonds. The van der Waals surface area contributed by atoms with Crippen LogP contribution in [0.25, 0.3) is 0 Å². The summed E-state index contributed by atoms with van der Waals surface area (Å²) in [7, 11) is 1.87. The van der Waals surface area contributed by atoms with Crippen molar-refractivity contribution in [1.82, 2.24) is 9.80 Å². The van der Waals surface area contributed by atoms with Crippen molar-refractivity contribution in [2.24, 2.45) is 23.2 Å². The lowest BCUT2D eigenvalue weighted by Crippen LogP contribution is -2.57. The van der Waals surface area contributed by atoms with Crippen molar-refractivity contribution in [1.29, 1.82) is 0 Å². The van der Waals surface area contributed by atoms with Crippen LogP contribution in [0.3, 0.4) is 0 Å². The molecule has 0 aromatic carbocycles.